The third-order valence-electron chi connectivity index (χ3n) is 15.0. The Labute approximate surface area is 508 Å². The second-order valence-corrected chi connectivity index (χ2v) is 23.1. The van der Waals surface area contributed by atoms with Gasteiger partial charge in [-0.3, -0.25) is 14.4 Å². The van der Waals surface area contributed by atoms with Gasteiger partial charge in [0, 0.05) is 19.3 Å². The van der Waals surface area contributed by atoms with Crippen LogP contribution in [0.4, 0.5) is 0 Å². The van der Waals surface area contributed by atoms with E-state index in [2.05, 4.69) is 130 Å². The van der Waals surface area contributed by atoms with Crippen LogP contribution in [0.3, 0.4) is 0 Å². The van der Waals surface area contributed by atoms with Gasteiger partial charge < -0.3 is 14.2 Å². The smallest absolute Gasteiger partial charge is 0.306 e. The molecule has 0 radical (unpaired) electrons. The molecule has 0 amide bonds. The molecule has 0 saturated carbocycles. The van der Waals surface area contributed by atoms with Crippen LogP contribution in [0.5, 0.6) is 0 Å². The number of allylic oxidation sites excluding steroid dienone is 18. The number of carbonyl (C=O) groups is 3. The van der Waals surface area contributed by atoms with Crippen LogP contribution >= 0.6 is 0 Å². The van der Waals surface area contributed by atoms with Crippen molar-refractivity contribution >= 4 is 17.9 Å². The van der Waals surface area contributed by atoms with Crippen LogP contribution in [0.2, 0.25) is 0 Å². The number of unbranched alkanes of at least 4 members (excludes halogenated alkanes) is 34. The van der Waals surface area contributed by atoms with Crippen LogP contribution in [0.1, 0.15) is 335 Å². The topological polar surface area (TPSA) is 78.9 Å². The van der Waals surface area contributed by atoms with E-state index in [0.29, 0.717) is 19.3 Å². The number of esters is 3. The number of hydrogen-bond acceptors (Lipinski definition) is 6. The summed E-state index contributed by atoms with van der Waals surface area (Å²) in [5.74, 6) is -0.907. The Kier molecular flexibility index (Phi) is 66.2. The summed E-state index contributed by atoms with van der Waals surface area (Å²) in [5.41, 5.74) is 0. The highest BCUT2D eigenvalue weighted by molar-refractivity contribution is 5.71. The molecule has 0 aromatic carbocycles. The maximum absolute atomic E-state index is 13.0. The molecule has 470 valence electrons. The molecule has 0 aromatic rings. The first kappa shape index (κ1) is 78.1. The van der Waals surface area contributed by atoms with Crippen molar-refractivity contribution in [1.82, 2.24) is 0 Å². The molecule has 0 rings (SSSR count). The summed E-state index contributed by atoms with van der Waals surface area (Å²) in [5, 5.41) is 0. The van der Waals surface area contributed by atoms with E-state index in [1.807, 2.05) is 0 Å². The van der Waals surface area contributed by atoms with Crippen molar-refractivity contribution in [1.29, 1.82) is 0 Å². The number of hydrogen-bond donors (Lipinski definition) is 0. The zero-order valence-corrected chi connectivity index (χ0v) is 54.0. The highest BCUT2D eigenvalue weighted by atomic mass is 16.6. The molecular formula is C76H130O6. The van der Waals surface area contributed by atoms with Gasteiger partial charge in [0.1, 0.15) is 13.2 Å². The molecule has 0 aliphatic heterocycles. The molecule has 6 heteroatoms. The maximum atomic E-state index is 13.0. The monoisotopic (exact) mass is 1140 g/mol. The molecule has 0 heterocycles. The molecule has 0 aromatic heterocycles. The molecule has 1 unspecified atom stereocenters. The summed E-state index contributed by atoms with van der Waals surface area (Å²) in [6, 6.07) is 0. The maximum Gasteiger partial charge on any atom is 0.306 e. The molecule has 1 atom stereocenters. The molecule has 0 saturated heterocycles. The van der Waals surface area contributed by atoms with Crippen molar-refractivity contribution in [3.05, 3.63) is 109 Å². The highest BCUT2D eigenvalue weighted by Crippen LogP contribution is 2.17. The van der Waals surface area contributed by atoms with Gasteiger partial charge in [-0.2, -0.15) is 0 Å². The quantitative estimate of drug-likeness (QED) is 0.0261. The summed E-state index contributed by atoms with van der Waals surface area (Å²) < 4.78 is 17.0. The van der Waals surface area contributed by atoms with Crippen LogP contribution in [0.25, 0.3) is 0 Å². The molecule has 82 heavy (non-hydrogen) atoms. The molecule has 0 aliphatic carbocycles. The lowest BCUT2D eigenvalue weighted by atomic mass is 10.0. The first-order valence-corrected chi connectivity index (χ1v) is 34.9. The third-order valence-corrected chi connectivity index (χ3v) is 15.0. The van der Waals surface area contributed by atoms with Crippen LogP contribution in [0, 0.1) is 0 Å². The molecule has 0 N–H and O–H groups in total. The lowest BCUT2D eigenvalue weighted by Gasteiger charge is -2.18. The van der Waals surface area contributed by atoms with Crippen molar-refractivity contribution in [3.63, 3.8) is 0 Å². The molecule has 0 bridgehead atoms. The van der Waals surface area contributed by atoms with Crippen molar-refractivity contribution in [3.8, 4) is 0 Å². The Bertz CT molecular complexity index is 1640. The van der Waals surface area contributed by atoms with Crippen LogP contribution in [0.15, 0.2) is 109 Å². The summed E-state index contributed by atoms with van der Waals surface area (Å²) in [6.45, 7) is 6.53. The summed E-state index contributed by atoms with van der Waals surface area (Å²) in [4.78, 5) is 38.5. The van der Waals surface area contributed by atoms with E-state index in [1.165, 1.54) is 167 Å². The summed E-state index contributed by atoms with van der Waals surface area (Å²) in [7, 11) is 0. The second-order valence-electron chi connectivity index (χ2n) is 23.1. The van der Waals surface area contributed by atoms with Gasteiger partial charge in [-0.25, -0.2) is 0 Å². The Morgan fingerprint density at radius 3 is 0.744 bits per heavy atom. The molecule has 6 nitrogen and oxygen atoms in total. The molecular weight excluding hydrogens is 1010 g/mol. The van der Waals surface area contributed by atoms with E-state index in [9.17, 15) is 14.4 Å². The van der Waals surface area contributed by atoms with E-state index in [1.54, 1.807) is 0 Å². The Hall–Kier alpha value is -3.93. The van der Waals surface area contributed by atoms with E-state index in [0.717, 1.165) is 128 Å². The van der Waals surface area contributed by atoms with Crippen molar-refractivity contribution in [2.24, 2.45) is 0 Å². The predicted octanol–water partition coefficient (Wildman–Crippen LogP) is 24.2. The second kappa shape index (κ2) is 69.6. The van der Waals surface area contributed by atoms with E-state index in [-0.39, 0.29) is 31.1 Å². The minimum absolute atomic E-state index is 0.0877. The van der Waals surface area contributed by atoms with Crippen LogP contribution in [-0.4, -0.2) is 37.2 Å². The van der Waals surface area contributed by atoms with Gasteiger partial charge in [-0.15, -0.1) is 0 Å². The van der Waals surface area contributed by atoms with E-state index >= 15 is 0 Å². The first-order valence-electron chi connectivity index (χ1n) is 34.9. The van der Waals surface area contributed by atoms with Gasteiger partial charge in [0.05, 0.1) is 0 Å². The van der Waals surface area contributed by atoms with Gasteiger partial charge in [0.2, 0.25) is 0 Å². The highest BCUT2D eigenvalue weighted by Gasteiger charge is 2.19. The number of ether oxygens (including phenoxy) is 3. The minimum atomic E-state index is -0.796. The zero-order chi connectivity index (χ0) is 59.2. The average Bonchev–Trinajstić information content (AvgIpc) is 3.47. The normalized spacial score (nSPS) is 12.8. The predicted molar refractivity (Wildman–Crippen MR) is 357 cm³/mol. The van der Waals surface area contributed by atoms with Gasteiger partial charge >= 0.3 is 17.9 Å². The summed E-state index contributed by atoms with van der Waals surface area (Å²) in [6.07, 6.45) is 95.3. The molecule has 0 aliphatic rings. The van der Waals surface area contributed by atoms with Gasteiger partial charge in [0.15, 0.2) is 6.10 Å². The SMILES string of the molecule is CC/C=C\C/C=C\C/C=C\C/C=C\C/C=C\C/C=C\CCCCCCC(=O)OCC(COC(=O)CCCCCCCCCCCCCCCCCCCC)OC(=O)CCCCCCCCCC/C=C\C/C=C\C/C=C\CCCCCCC. The van der Waals surface area contributed by atoms with Crippen LogP contribution < -0.4 is 0 Å². The van der Waals surface area contributed by atoms with Crippen molar-refractivity contribution < 1.29 is 28.6 Å². The lowest BCUT2D eigenvalue weighted by molar-refractivity contribution is -0.167. The molecule has 0 fully saturated rings. The van der Waals surface area contributed by atoms with Crippen molar-refractivity contribution in [2.45, 2.75) is 341 Å². The largest absolute Gasteiger partial charge is 0.462 e. The number of rotatable bonds is 63. The van der Waals surface area contributed by atoms with Crippen LogP contribution in [-0.2, 0) is 28.6 Å². The third kappa shape index (κ3) is 66.9. The van der Waals surface area contributed by atoms with E-state index < -0.39 is 6.10 Å². The Morgan fingerprint density at radius 2 is 0.476 bits per heavy atom. The number of carbonyl (C=O) groups excluding carboxylic acids is 3. The van der Waals surface area contributed by atoms with Gasteiger partial charge in [0.25, 0.3) is 0 Å². The lowest BCUT2D eigenvalue weighted by Crippen LogP contribution is -2.30. The Morgan fingerprint density at radius 1 is 0.256 bits per heavy atom. The average molecular weight is 1140 g/mol. The summed E-state index contributed by atoms with van der Waals surface area (Å²) >= 11 is 0. The fourth-order valence-electron chi connectivity index (χ4n) is 9.81. The Balaban J connectivity index is 4.45. The fraction of sp³-hybridized carbons (Fsp3) is 0.724. The van der Waals surface area contributed by atoms with E-state index in [4.69, 9.17) is 14.2 Å². The van der Waals surface area contributed by atoms with Crippen molar-refractivity contribution in [2.75, 3.05) is 13.2 Å². The molecule has 0 spiro atoms. The standard InChI is InChI=1S/C76H130O6/c1-4-7-10-13-16-19-22-25-28-31-34-36-38-40-42-45-48-51-54-57-60-63-66-69-75(78)81-72-73(71-80-74(77)68-65-62-59-56-53-50-47-44-33-30-27-24-21-18-15-12-9-6-3)82-76(79)70-67-64-61-58-55-52-49-46-43-41-39-37-35-32-29-26-23-20-17-14-11-8-5-2/h7,10,16,19,23,25-26,28,32,34-36,39-42,48,51,73H,4-6,8-9,11-15,17-18,20-22,24,27,29-31,33,37-38,43-47,49-50,52-72H2,1-3H3/b10-7-,19-16-,26-23-,28-25-,35-32-,36-34-,41-39-,42-40-,51-48-. The van der Waals surface area contributed by atoms with Gasteiger partial charge in [-0.1, -0.05) is 316 Å². The fourth-order valence-corrected chi connectivity index (χ4v) is 9.81. The zero-order valence-electron chi connectivity index (χ0n) is 54.0. The van der Waals surface area contributed by atoms with Gasteiger partial charge in [-0.05, 0) is 109 Å². The first-order chi connectivity index (χ1) is 40.5. The minimum Gasteiger partial charge on any atom is -0.462 e.